The standard InChI is InChI=1S/C13H26N2/c1-11-5-7-13(8-6-11)15-9-3-4-12(10-15)14-2/h11-14H,3-10H2,1-2H3. The SMILES string of the molecule is CNC1CCCN(C2CCC(C)CC2)C1. The molecule has 0 aromatic rings. The summed E-state index contributed by atoms with van der Waals surface area (Å²) in [4.78, 5) is 2.75. The highest BCUT2D eigenvalue weighted by molar-refractivity contribution is 4.84. The van der Waals surface area contributed by atoms with Crippen LogP contribution in [0.5, 0.6) is 0 Å². The van der Waals surface area contributed by atoms with Gasteiger partial charge >= 0.3 is 0 Å². The first-order valence-electron chi connectivity index (χ1n) is 6.71. The zero-order valence-corrected chi connectivity index (χ0v) is 10.3. The molecule has 1 heterocycles. The molecule has 15 heavy (non-hydrogen) atoms. The van der Waals surface area contributed by atoms with Crippen molar-refractivity contribution in [3.05, 3.63) is 0 Å². The predicted octanol–water partition coefficient (Wildman–Crippen LogP) is 2.25. The minimum absolute atomic E-state index is 0.748. The van der Waals surface area contributed by atoms with Gasteiger partial charge in [0.1, 0.15) is 0 Å². The summed E-state index contributed by atoms with van der Waals surface area (Å²) >= 11 is 0. The van der Waals surface area contributed by atoms with Gasteiger partial charge in [0.2, 0.25) is 0 Å². The lowest BCUT2D eigenvalue weighted by molar-refractivity contribution is 0.102. The van der Waals surface area contributed by atoms with Crippen molar-refractivity contribution in [3.63, 3.8) is 0 Å². The Labute approximate surface area is 94.4 Å². The zero-order chi connectivity index (χ0) is 10.7. The molecule has 1 unspecified atom stereocenters. The fourth-order valence-corrected chi connectivity index (χ4v) is 3.18. The van der Waals surface area contributed by atoms with Crippen LogP contribution >= 0.6 is 0 Å². The zero-order valence-electron chi connectivity index (χ0n) is 10.3. The van der Waals surface area contributed by atoms with E-state index in [-0.39, 0.29) is 0 Å². The van der Waals surface area contributed by atoms with Gasteiger partial charge in [-0.1, -0.05) is 6.92 Å². The van der Waals surface area contributed by atoms with Crippen LogP contribution < -0.4 is 5.32 Å². The average molecular weight is 210 g/mol. The molecule has 0 bridgehead atoms. The number of rotatable bonds is 2. The van der Waals surface area contributed by atoms with E-state index in [1.165, 1.54) is 51.6 Å². The summed E-state index contributed by atoms with van der Waals surface area (Å²) in [5, 5.41) is 3.44. The summed E-state index contributed by atoms with van der Waals surface area (Å²) in [6, 6.07) is 1.65. The Kier molecular flexibility index (Phi) is 4.04. The van der Waals surface area contributed by atoms with Gasteiger partial charge in [0.25, 0.3) is 0 Å². The second-order valence-electron chi connectivity index (χ2n) is 5.54. The number of hydrogen-bond donors (Lipinski definition) is 1. The van der Waals surface area contributed by atoms with E-state index >= 15 is 0 Å². The van der Waals surface area contributed by atoms with Crippen LogP contribution in [-0.2, 0) is 0 Å². The Hall–Kier alpha value is -0.0800. The largest absolute Gasteiger partial charge is 0.316 e. The molecule has 1 aliphatic carbocycles. The molecule has 0 amide bonds. The van der Waals surface area contributed by atoms with E-state index in [0.717, 1.165) is 18.0 Å². The molecule has 1 saturated carbocycles. The fourth-order valence-electron chi connectivity index (χ4n) is 3.18. The van der Waals surface area contributed by atoms with Crippen molar-refractivity contribution in [2.45, 2.75) is 57.5 Å². The van der Waals surface area contributed by atoms with E-state index in [1.54, 1.807) is 0 Å². The molecule has 0 radical (unpaired) electrons. The lowest BCUT2D eigenvalue weighted by Gasteiger charge is -2.41. The number of likely N-dealkylation sites (tertiary alicyclic amines) is 1. The Bertz CT molecular complexity index is 185. The summed E-state index contributed by atoms with van der Waals surface area (Å²) in [5.74, 6) is 0.978. The Morgan fingerprint density at radius 2 is 1.80 bits per heavy atom. The maximum Gasteiger partial charge on any atom is 0.0192 e. The molecule has 0 aromatic carbocycles. The summed E-state index contributed by atoms with van der Waals surface area (Å²) in [6.45, 7) is 5.04. The monoisotopic (exact) mass is 210 g/mol. The lowest BCUT2D eigenvalue weighted by Crippen LogP contribution is -2.49. The first-order chi connectivity index (χ1) is 7.29. The van der Waals surface area contributed by atoms with Crippen LogP contribution in [0.3, 0.4) is 0 Å². The van der Waals surface area contributed by atoms with Gasteiger partial charge in [0.15, 0.2) is 0 Å². The molecule has 88 valence electrons. The normalized spacial score (nSPS) is 39.2. The van der Waals surface area contributed by atoms with Crippen LogP contribution in [0.2, 0.25) is 0 Å². The first-order valence-corrected chi connectivity index (χ1v) is 6.71. The van der Waals surface area contributed by atoms with E-state index in [4.69, 9.17) is 0 Å². The maximum atomic E-state index is 3.44. The van der Waals surface area contributed by atoms with E-state index in [9.17, 15) is 0 Å². The van der Waals surface area contributed by atoms with Crippen LogP contribution in [0.4, 0.5) is 0 Å². The number of nitrogens with zero attached hydrogens (tertiary/aromatic N) is 1. The summed E-state index contributed by atoms with van der Waals surface area (Å²) in [5.41, 5.74) is 0. The molecule has 2 fully saturated rings. The highest BCUT2D eigenvalue weighted by Gasteiger charge is 2.27. The molecule has 0 spiro atoms. The smallest absolute Gasteiger partial charge is 0.0192 e. The van der Waals surface area contributed by atoms with Crippen molar-refractivity contribution in [2.75, 3.05) is 20.1 Å². The highest BCUT2D eigenvalue weighted by Crippen LogP contribution is 2.28. The second-order valence-corrected chi connectivity index (χ2v) is 5.54. The molecular weight excluding hydrogens is 184 g/mol. The Morgan fingerprint density at radius 3 is 2.47 bits per heavy atom. The fraction of sp³-hybridized carbons (Fsp3) is 1.00. The minimum atomic E-state index is 0.748. The molecule has 2 heteroatoms. The Morgan fingerprint density at radius 1 is 1.07 bits per heavy atom. The quantitative estimate of drug-likeness (QED) is 0.752. The molecule has 1 saturated heterocycles. The minimum Gasteiger partial charge on any atom is -0.316 e. The number of likely N-dealkylation sites (N-methyl/N-ethyl adjacent to an activating group) is 1. The van der Waals surface area contributed by atoms with Crippen LogP contribution in [0.15, 0.2) is 0 Å². The van der Waals surface area contributed by atoms with Crippen molar-refractivity contribution >= 4 is 0 Å². The third-order valence-corrected chi connectivity index (χ3v) is 4.36. The highest BCUT2D eigenvalue weighted by atomic mass is 15.2. The molecule has 2 nitrogen and oxygen atoms in total. The van der Waals surface area contributed by atoms with Crippen LogP contribution in [0.25, 0.3) is 0 Å². The molecule has 0 aromatic heterocycles. The van der Waals surface area contributed by atoms with E-state index in [1.807, 2.05) is 0 Å². The van der Waals surface area contributed by atoms with Crippen LogP contribution in [0.1, 0.15) is 45.4 Å². The van der Waals surface area contributed by atoms with Gasteiger partial charge in [-0.25, -0.2) is 0 Å². The molecule has 2 rings (SSSR count). The van der Waals surface area contributed by atoms with Crippen molar-refractivity contribution in [1.82, 2.24) is 10.2 Å². The second kappa shape index (κ2) is 5.31. The van der Waals surface area contributed by atoms with Crippen molar-refractivity contribution in [3.8, 4) is 0 Å². The van der Waals surface area contributed by atoms with Gasteiger partial charge in [0.05, 0.1) is 0 Å². The number of piperidine rings is 1. The van der Waals surface area contributed by atoms with Crippen molar-refractivity contribution < 1.29 is 0 Å². The summed E-state index contributed by atoms with van der Waals surface area (Å²) < 4.78 is 0. The molecule has 1 aliphatic heterocycles. The molecule has 2 aliphatic rings. The van der Waals surface area contributed by atoms with Gasteiger partial charge in [-0.3, -0.25) is 4.90 Å². The van der Waals surface area contributed by atoms with Crippen LogP contribution in [0, 0.1) is 5.92 Å². The van der Waals surface area contributed by atoms with Gasteiger partial charge in [-0.05, 0) is 58.0 Å². The van der Waals surface area contributed by atoms with Crippen LogP contribution in [-0.4, -0.2) is 37.1 Å². The third-order valence-electron chi connectivity index (χ3n) is 4.36. The predicted molar refractivity (Wildman–Crippen MR) is 65.1 cm³/mol. The van der Waals surface area contributed by atoms with Gasteiger partial charge < -0.3 is 5.32 Å². The van der Waals surface area contributed by atoms with Gasteiger partial charge in [-0.2, -0.15) is 0 Å². The number of nitrogens with one attached hydrogen (secondary N) is 1. The Balaban J connectivity index is 1.82. The van der Waals surface area contributed by atoms with Gasteiger partial charge in [0, 0.05) is 18.6 Å². The van der Waals surface area contributed by atoms with E-state index < -0.39 is 0 Å². The average Bonchev–Trinajstić information content (AvgIpc) is 2.30. The summed E-state index contributed by atoms with van der Waals surface area (Å²) in [7, 11) is 2.11. The van der Waals surface area contributed by atoms with E-state index in [0.29, 0.717) is 0 Å². The summed E-state index contributed by atoms with van der Waals surface area (Å²) in [6.07, 6.45) is 8.54. The van der Waals surface area contributed by atoms with E-state index in [2.05, 4.69) is 24.2 Å². The molecule has 1 N–H and O–H groups in total. The first kappa shape index (κ1) is 11.4. The number of hydrogen-bond acceptors (Lipinski definition) is 2. The van der Waals surface area contributed by atoms with Crippen molar-refractivity contribution in [2.24, 2.45) is 5.92 Å². The lowest BCUT2D eigenvalue weighted by atomic mass is 9.85. The maximum absolute atomic E-state index is 3.44. The van der Waals surface area contributed by atoms with Crippen molar-refractivity contribution in [1.29, 1.82) is 0 Å². The third kappa shape index (κ3) is 2.94. The molecule has 1 atom stereocenters. The topological polar surface area (TPSA) is 15.3 Å². The van der Waals surface area contributed by atoms with Gasteiger partial charge in [-0.15, -0.1) is 0 Å². The molecular formula is C13H26N2.